The zero-order valence-corrected chi connectivity index (χ0v) is 11.8. The average Bonchev–Trinajstić information content (AvgIpc) is 2.29. The van der Waals surface area contributed by atoms with Gasteiger partial charge in [0.2, 0.25) is 0 Å². The Hall–Kier alpha value is -0.380. The standard InChI is InChI=1S/C14H29N3/c1-5-8-15-10-13(2)11-17-9-6-7-14(12-17)16(3)4/h14-15H,2,5-12H2,1,3-4H3. The van der Waals surface area contributed by atoms with Crippen LogP contribution in [0.15, 0.2) is 12.2 Å². The summed E-state index contributed by atoms with van der Waals surface area (Å²) < 4.78 is 0. The molecular weight excluding hydrogens is 210 g/mol. The highest BCUT2D eigenvalue weighted by atomic mass is 15.2. The van der Waals surface area contributed by atoms with E-state index in [9.17, 15) is 0 Å². The van der Waals surface area contributed by atoms with E-state index >= 15 is 0 Å². The van der Waals surface area contributed by atoms with Crippen LogP contribution in [0.1, 0.15) is 26.2 Å². The lowest BCUT2D eigenvalue weighted by atomic mass is 10.0. The van der Waals surface area contributed by atoms with Gasteiger partial charge >= 0.3 is 0 Å². The van der Waals surface area contributed by atoms with Gasteiger partial charge in [-0.05, 0) is 52.0 Å². The Labute approximate surface area is 107 Å². The topological polar surface area (TPSA) is 18.5 Å². The summed E-state index contributed by atoms with van der Waals surface area (Å²) in [5.41, 5.74) is 1.32. The van der Waals surface area contributed by atoms with Crippen LogP contribution in [0, 0.1) is 0 Å². The molecule has 0 amide bonds. The molecule has 1 fully saturated rings. The van der Waals surface area contributed by atoms with E-state index in [1.165, 1.54) is 37.9 Å². The predicted molar refractivity (Wildman–Crippen MR) is 75.4 cm³/mol. The first-order chi connectivity index (χ1) is 8.13. The number of hydrogen-bond donors (Lipinski definition) is 1. The smallest absolute Gasteiger partial charge is 0.0217 e. The normalized spacial score (nSPS) is 22.0. The van der Waals surface area contributed by atoms with E-state index in [0.717, 1.165) is 25.7 Å². The van der Waals surface area contributed by atoms with Crippen LogP contribution in [0.3, 0.4) is 0 Å². The van der Waals surface area contributed by atoms with Crippen LogP contribution >= 0.6 is 0 Å². The summed E-state index contributed by atoms with van der Waals surface area (Å²) in [4.78, 5) is 4.90. The number of hydrogen-bond acceptors (Lipinski definition) is 3. The monoisotopic (exact) mass is 239 g/mol. The van der Waals surface area contributed by atoms with Crippen LogP contribution in [0.25, 0.3) is 0 Å². The summed E-state index contributed by atoms with van der Waals surface area (Å²) in [5, 5.41) is 3.42. The van der Waals surface area contributed by atoms with Crippen molar-refractivity contribution in [3.05, 3.63) is 12.2 Å². The van der Waals surface area contributed by atoms with Gasteiger partial charge in [0.25, 0.3) is 0 Å². The van der Waals surface area contributed by atoms with Crippen LogP contribution in [-0.2, 0) is 0 Å². The molecular formula is C14H29N3. The fourth-order valence-electron chi connectivity index (χ4n) is 2.41. The highest BCUT2D eigenvalue weighted by molar-refractivity contribution is 5.00. The van der Waals surface area contributed by atoms with E-state index in [4.69, 9.17) is 0 Å². The van der Waals surface area contributed by atoms with Gasteiger partial charge in [-0.2, -0.15) is 0 Å². The van der Waals surface area contributed by atoms with E-state index in [2.05, 4.69) is 42.7 Å². The van der Waals surface area contributed by atoms with Crippen LogP contribution < -0.4 is 5.32 Å². The largest absolute Gasteiger partial charge is 0.313 e. The molecule has 0 saturated carbocycles. The summed E-state index contributed by atoms with van der Waals surface area (Å²) in [6.07, 6.45) is 3.85. The second-order valence-electron chi connectivity index (χ2n) is 5.42. The van der Waals surface area contributed by atoms with Gasteiger partial charge in [0.05, 0.1) is 0 Å². The van der Waals surface area contributed by atoms with Gasteiger partial charge in [-0.25, -0.2) is 0 Å². The number of nitrogens with one attached hydrogen (secondary N) is 1. The first kappa shape index (κ1) is 14.7. The molecule has 0 spiro atoms. The summed E-state index contributed by atoms with van der Waals surface area (Å²) in [5.74, 6) is 0. The van der Waals surface area contributed by atoms with Gasteiger partial charge in [-0.3, -0.25) is 4.90 Å². The molecule has 1 aliphatic heterocycles. The molecule has 0 radical (unpaired) electrons. The number of nitrogens with zero attached hydrogens (tertiary/aromatic N) is 2. The van der Waals surface area contributed by atoms with Crippen molar-refractivity contribution in [2.75, 3.05) is 46.8 Å². The zero-order valence-electron chi connectivity index (χ0n) is 11.8. The maximum Gasteiger partial charge on any atom is 0.0217 e. The van der Waals surface area contributed by atoms with Crippen LogP contribution in [0.5, 0.6) is 0 Å². The molecule has 17 heavy (non-hydrogen) atoms. The molecule has 100 valence electrons. The van der Waals surface area contributed by atoms with Crippen molar-refractivity contribution in [3.63, 3.8) is 0 Å². The quantitative estimate of drug-likeness (QED) is 0.537. The van der Waals surface area contributed by atoms with Crippen molar-refractivity contribution in [1.29, 1.82) is 0 Å². The fraction of sp³-hybridized carbons (Fsp3) is 0.857. The molecule has 1 N–H and O–H groups in total. The molecule has 3 heteroatoms. The predicted octanol–water partition coefficient (Wildman–Crippen LogP) is 1.57. The second kappa shape index (κ2) is 7.85. The Balaban J connectivity index is 2.23. The first-order valence-corrected chi connectivity index (χ1v) is 6.89. The molecule has 1 rings (SSSR count). The Morgan fingerprint density at radius 1 is 1.47 bits per heavy atom. The molecule has 0 aromatic carbocycles. The third kappa shape index (κ3) is 5.66. The maximum atomic E-state index is 4.17. The molecule has 0 aliphatic carbocycles. The zero-order chi connectivity index (χ0) is 12.7. The lowest BCUT2D eigenvalue weighted by Crippen LogP contribution is -2.46. The minimum Gasteiger partial charge on any atom is -0.313 e. The molecule has 1 unspecified atom stereocenters. The van der Waals surface area contributed by atoms with E-state index in [-0.39, 0.29) is 0 Å². The van der Waals surface area contributed by atoms with Crippen molar-refractivity contribution in [2.24, 2.45) is 0 Å². The molecule has 1 heterocycles. The van der Waals surface area contributed by atoms with Gasteiger partial charge in [-0.1, -0.05) is 13.5 Å². The molecule has 1 atom stereocenters. The highest BCUT2D eigenvalue weighted by Crippen LogP contribution is 2.14. The molecule has 1 aliphatic rings. The molecule has 0 bridgehead atoms. The summed E-state index contributed by atoms with van der Waals surface area (Å²) in [6.45, 7) is 11.9. The number of likely N-dealkylation sites (N-methyl/N-ethyl adjacent to an activating group) is 1. The van der Waals surface area contributed by atoms with Gasteiger partial charge in [0.15, 0.2) is 0 Å². The number of likely N-dealkylation sites (tertiary alicyclic amines) is 1. The van der Waals surface area contributed by atoms with Crippen molar-refractivity contribution < 1.29 is 0 Å². The summed E-state index contributed by atoms with van der Waals surface area (Å²) in [7, 11) is 4.37. The molecule has 1 saturated heterocycles. The van der Waals surface area contributed by atoms with Gasteiger partial charge in [-0.15, -0.1) is 0 Å². The number of piperidine rings is 1. The first-order valence-electron chi connectivity index (χ1n) is 6.89. The van der Waals surface area contributed by atoms with E-state index in [1.54, 1.807) is 0 Å². The van der Waals surface area contributed by atoms with E-state index in [1.807, 2.05) is 0 Å². The lowest BCUT2D eigenvalue weighted by molar-refractivity contribution is 0.141. The molecule has 3 nitrogen and oxygen atoms in total. The maximum absolute atomic E-state index is 4.17. The van der Waals surface area contributed by atoms with Gasteiger partial charge in [0.1, 0.15) is 0 Å². The summed E-state index contributed by atoms with van der Waals surface area (Å²) in [6, 6.07) is 0.722. The Kier molecular flexibility index (Phi) is 6.78. The van der Waals surface area contributed by atoms with Crippen molar-refractivity contribution in [3.8, 4) is 0 Å². The highest BCUT2D eigenvalue weighted by Gasteiger charge is 2.21. The van der Waals surface area contributed by atoms with Gasteiger partial charge in [0, 0.05) is 25.7 Å². The fourth-order valence-corrected chi connectivity index (χ4v) is 2.41. The van der Waals surface area contributed by atoms with Gasteiger partial charge < -0.3 is 10.2 Å². The van der Waals surface area contributed by atoms with Crippen molar-refractivity contribution >= 4 is 0 Å². The minimum absolute atomic E-state index is 0.722. The van der Waals surface area contributed by atoms with E-state index in [0.29, 0.717) is 0 Å². The summed E-state index contributed by atoms with van der Waals surface area (Å²) >= 11 is 0. The van der Waals surface area contributed by atoms with Crippen LogP contribution in [0.4, 0.5) is 0 Å². The Morgan fingerprint density at radius 2 is 2.24 bits per heavy atom. The Morgan fingerprint density at radius 3 is 2.88 bits per heavy atom. The SMILES string of the molecule is C=C(CNCCC)CN1CCCC(N(C)C)C1. The van der Waals surface area contributed by atoms with Crippen molar-refractivity contribution in [1.82, 2.24) is 15.1 Å². The van der Waals surface area contributed by atoms with Crippen LogP contribution in [0.2, 0.25) is 0 Å². The second-order valence-corrected chi connectivity index (χ2v) is 5.42. The lowest BCUT2D eigenvalue weighted by Gasteiger charge is -2.36. The van der Waals surface area contributed by atoms with E-state index < -0.39 is 0 Å². The number of rotatable bonds is 7. The average molecular weight is 239 g/mol. The van der Waals surface area contributed by atoms with Crippen molar-refractivity contribution in [2.45, 2.75) is 32.2 Å². The molecule has 0 aromatic rings. The van der Waals surface area contributed by atoms with Crippen LogP contribution in [-0.4, -0.2) is 62.7 Å². The minimum atomic E-state index is 0.722. The third-order valence-corrected chi connectivity index (χ3v) is 3.46. The third-order valence-electron chi connectivity index (χ3n) is 3.46. The molecule has 0 aromatic heterocycles. The Bertz CT molecular complexity index is 226.